The van der Waals surface area contributed by atoms with Gasteiger partial charge in [-0.05, 0) is 30.3 Å². The Balaban J connectivity index is 1.83. The van der Waals surface area contributed by atoms with Crippen LogP contribution in [0.1, 0.15) is 11.1 Å². The summed E-state index contributed by atoms with van der Waals surface area (Å²) in [6.07, 6.45) is 0. The fourth-order valence-corrected chi connectivity index (χ4v) is 2.15. The van der Waals surface area contributed by atoms with E-state index in [-0.39, 0.29) is 12.5 Å². The molecule has 1 aliphatic rings. The van der Waals surface area contributed by atoms with Gasteiger partial charge in [0.05, 0.1) is 13.2 Å². The summed E-state index contributed by atoms with van der Waals surface area (Å²) in [4.78, 5) is 13.9. The maximum absolute atomic E-state index is 11.7. The lowest BCUT2D eigenvalue weighted by molar-refractivity contribution is -0.121. The number of amides is 1. The standard InChI is InChI=1S/C14H20N2O3/c1-16-8-11-3-4-13(7-12(11)9-16)15-14(17)10-19-6-5-18-2/h3-4,7H,5-6,8-10H2,1-2H3,(H,15,17). The van der Waals surface area contributed by atoms with Crippen molar-refractivity contribution in [3.8, 4) is 0 Å². The highest BCUT2D eigenvalue weighted by atomic mass is 16.5. The first kappa shape index (κ1) is 14.0. The SMILES string of the molecule is COCCOCC(=O)Nc1ccc2c(c1)CN(C)C2. The molecule has 1 aromatic carbocycles. The van der Waals surface area contributed by atoms with Gasteiger partial charge >= 0.3 is 0 Å². The molecule has 0 aliphatic carbocycles. The number of fused-ring (bicyclic) bond motifs is 1. The maximum atomic E-state index is 11.7. The molecule has 1 heterocycles. The molecule has 0 saturated carbocycles. The summed E-state index contributed by atoms with van der Waals surface area (Å²) in [5, 5.41) is 2.84. The van der Waals surface area contributed by atoms with Crippen molar-refractivity contribution in [2.24, 2.45) is 0 Å². The Hall–Kier alpha value is -1.43. The van der Waals surface area contributed by atoms with E-state index in [0.29, 0.717) is 13.2 Å². The summed E-state index contributed by atoms with van der Waals surface area (Å²) in [7, 11) is 3.69. The number of nitrogens with one attached hydrogen (secondary N) is 1. The van der Waals surface area contributed by atoms with Crippen LogP contribution in [0.15, 0.2) is 18.2 Å². The second kappa shape index (κ2) is 6.65. The number of carbonyl (C=O) groups is 1. The Morgan fingerprint density at radius 3 is 2.89 bits per heavy atom. The molecule has 5 heteroatoms. The first-order valence-electron chi connectivity index (χ1n) is 6.36. The number of carbonyl (C=O) groups excluding carboxylic acids is 1. The van der Waals surface area contributed by atoms with Crippen molar-refractivity contribution in [3.63, 3.8) is 0 Å². The molecular formula is C14H20N2O3. The average molecular weight is 264 g/mol. The summed E-state index contributed by atoms with van der Waals surface area (Å²) >= 11 is 0. The predicted octanol–water partition coefficient (Wildman–Crippen LogP) is 1.23. The monoisotopic (exact) mass is 264 g/mol. The van der Waals surface area contributed by atoms with E-state index in [4.69, 9.17) is 9.47 Å². The van der Waals surface area contributed by atoms with Crippen LogP contribution in [0.5, 0.6) is 0 Å². The summed E-state index contributed by atoms with van der Waals surface area (Å²) < 4.78 is 10.0. The molecule has 0 spiro atoms. The van der Waals surface area contributed by atoms with E-state index in [1.807, 2.05) is 12.1 Å². The normalized spacial score (nSPS) is 14.4. The number of nitrogens with zero attached hydrogens (tertiary/aromatic N) is 1. The highest BCUT2D eigenvalue weighted by Gasteiger charge is 2.15. The van der Waals surface area contributed by atoms with Crippen LogP contribution in [-0.2, 0) is 27.4 Å². The molecular weight excluding hydrogens is 244 g/mol. The van der Waals surface area contributed by atoms with Crippen LogP contribution >= 0.6 is 0 Å². The fraction of sp³-hybridized carbons (Fsp3) is 0.500. The van der Waals surface area contributed by atoms with Gasteiger partial charge in [-0.15, -0.1) is 0 Å². The molecule has 0 unspecified atom stereocenters. The Morgan fingerprint density at radius 1 is 1.32 bits per heavy atom. The number of ether oxygens (including phenoxy) is 2. The summed E-state index contributed by atoms with van der Waals surface area (Å²) in [5.41, 5.74) is 3.44. The van der Waals surface area contributed by atoms with Crippen molar-refractivity contribution in [1.82, 2.24) is 4.90 Å². The minimum Gasteiger partial charge on any atom is -0.382 e. The highest BCUT2D eigenvalue weighted by molar-refractivity contribution is 5.91. The lowest BCUT2D eigenvalue weighted by Gasteiger charge is -2.07. The van der Waals surface area contributed by atoms with Crippen molar-refractivity contribution in [2.45, 2.75) is 13.1 Å². The van der Waals surface area contributed by atoms with Crippen molar-refractivity contribution in [2.75, 3.05) is 39.3 Å². The Bertz CT molecular complexity index is 448. The zero-order valence-corrected chi connectivity index (χ0v) is 11.4. The molecule has 1 aromatic rings. The smallest absolute Gasteiger partial charge is 0.250 e. The third-order valence-corrected chi connectivity index (χ3v) is 3.04. The topological polar surface area (TPSA) is 50.8 Å². The van der Waals surface area contributed by atoms with Gasteiger partial charge in [-0.1, -0.05) is 6.07 Å². The Labute approximate surface area is 113 Å². The molecule has 0 bridgehead atoms. The number of rotatable bonds is 6. The van der Waals surface area contributed by atoms with Gasteiger partial charge < -0.3 is 14.8 Å². The molecule has 0 aromatic heterocycles. The van der Waals surface area contributed by atoms with Gasteiger partial charge in [0, 0.05) is 25.9 Å². The average Bonchev–Trinajstić information content (AvgIpc) is 2.74. The lowest BCUT2D eigenvalue weighted by atomic mass is 10.1. The molecule has 0 atom stereocenters. The van der Waals surface area contributed by atoms with Crippen LogP contribution < -0.4 is 5.32 Å². The number of hydrogen-bond donors (Lipinski definition) is 1. The van der Waals surface area contributed by atoms with Crippen LogP contribution in [-0.4, -0.2) is 44.8 Å². The maximum Gasteiger partial charge on any atom is 0.250 e. The van der Waals surface area contributed by atoms with Crippen molar-refractivity contribution in [3.05, 3.63) is 29.3 Å². The van der Waals surface area contributed by atoms with E-state index in [9.17, 15) is 4.79 Å². The van der Waals surface area contributed by atoms with Crippen LogP contribution in [0.25, 0.3) is 0 Å². The van der Waals surface area contributed by atoms with Gasteiger partial charge in [0.25, 0.3) is 0 Å². The number of benzene rings is 1. The van der Waals surface area contributed by atoms with Crippen LogP contribution in [0.4, 0.5) is 5.69 Å². The number of methoxy groups -OCH3 is 1. The zero-order valence-electron chi connectivity index (χ0n) is 11.4. The molecule has 0 fully saturated rings. The third kappa shape index (κ3) is 4.02. The van der Waals surface area contributed by atoms with Crippen LogP contribution in [0.3, 0.4) is 0 Å². The van der Waals surface area contributed by atoms with Crippen LogP contribution in [0, 0.1) is 0 Å². The molecule has 0 saturated heterocycles. The largest absolute Gasteiger partial charge is 0.382 e. The third-order valence-electron chi connectivity index (χ3n) is 3.04. The summed E-state index contributed by atoms with van der Waals surface area (Å²) in [6.45, 7) is 2.89. The minimum absolute atomic E-state index is 0.0559. The molecule has 19 heavy (non-hydrogen) atoms. The van der Waals surface area contributed by atoms with Crippen LogP contribution in [0.2, 0.25) is 0 Å². The van der Waals surface area contributed by atoms with Gasteiger partial charge in [0.15, 0.2) is 0 Å². The van der Waals surface area contributed by atoms with Gasteiger partial charge in [-0.2, -0.15) is 0 Å². The van der Waals surface area contributed by atoms with E-state index >= 15 is 0 Å². The fourth-order valence-electron chi connectivity index (χ4n) is 2.15. The molecule has 1 amide bonds. The van der Waals surface area contributed by atoms with Gasteiger partial charge in [0.2, 0.25) is 5.91 Å². The second-order valence-corrected chi connectivity index (χ2v) is 4.75. The molecule has 0 radical (unpaired) electrons. The minimum atomic E-state index is -0.137. The number of hydrogen-bond acceptors (Lipinski definition) is 4. The van der Waals surface area contributed by atoms with E-state index in [1.54, 1.807) is 7.11 Å². The Kier molecular flexibility index (Phi) is 4.90. The molecule has 5 nitrogen and oxygen atoms in total. The van der Waals surface area contributed by atoms with Gasteiger partial charge in [0.1, 0.15) is 6.61 Å². The quantitative estimate of drug-likeness (QED) is 0.785. The van der Waals surface area contributed by atoms with Crippen molar-refractivity contribution in [1.29, 1.82) is 0 Å². The highest BCUT2D eigenvalue weighted by Crippen LogP contribution is 2.24. The van der Waals surface area contributed by atoms with Crippen molar-refractivity contribution < 1.29 is 14.3 Å². The molecule has 2 rings (SSSR count). The Morgan fingerprint density at radius 2 is 2.11 bits per heavy atom. The van der Waals surface area contributed by atoms with E-state index in [2.05, 4.69) is 23.3 Å². The summed E-state index contributed by atoms with van der Waals surface area (Å²) in [6, 6.07) is 6.04. The summed E-state index contributed by atoms with van der Waals surface area (Å²) in [5.74, 6) is -0.137. The van der Waals surface area contributed by atoms with Gasteiger partial charge in [-0.3, -0.25) is 9.69 Å². The number of anilines is 1. The van der Waals surface area contributed by atoms with Crippen molar-refractivity contribution >= 4 is 11.6 Å². The second-order valence-electron chi connectivity index (χ2n) is 4.75. The lowest BCUT2D eigenvalue weighted by Crippen LogP contribution is -2.19. The molecule has 104 valence electrons. The van der Waals surface area contributed by atoms with E-state index in [1.165, 1.54) is 11.1 Å². The molecule has 1 aliphatic heterocycles. The first-order chi connectivity index (χ1) is 9.19. The predicted molar refractivity (Wildman–Crippen MR) is 72.9 cm³/mol. The molecule has 1 N–H and O–H groups in total. The zero-order chi connectivity index (χ0) is 13.7. The van der Waals surface area contributed by atoms with E-state index in [0.717, 1.165) is 18.8 Å². The first-order valence-corrected chi connectivity index (χ1v) is 6.36. The van der Waals surface area contributed by atoms with E-state index < -0.39 is 0 Å². The van der Waals surface area contributed by atoms with Gasteiger partial charge in [-0.25, -0.2) is 0 Å².